The molecule has 0 fully saturated rings. The summed E-state index contributed by atoms with van der Waals surface area (Å²) in [6.45, 7) is 8.28. The Morgan fingerprint density at radius 1 is 1.06 bits per heavy atom. The second-order valence-corrected chi connectivity index (χ2v) is 3.71. The van der Waals surface area contributed by atoms with Crippen LogP contribution in [0.1, 0.15) is 39.2 Å². The zero-order chi connectivity index (χ0) is 12.1. The van der Waals surface area contributed by atoms with Crippen molar-refractivity contribution in [3.63, 3.8) is 0 Å². The van der Waals surface area contributed by atoms with E-state index in [1.54, 1.807) is 6.07 Å². The van der Waals surface area contributed by atoms with Crippen LogP contribution in [0.3, 0.4) is 0 Å². The van der Waals surface area contributed by atoms with Crippen LogP contribution in [0.15, 0.2) is 39.5 Å². The highest BCUT2D eigenvalue weighted by atomic mass is 16.4. The molecule has 16 heavy (non-hydrogen) atoms. The molecule has 2 aromatic rings. The third kappa shape index (κ3) is 2.72. The van der Waals surface area contributed by atoms with Crippen molar-refractivity contribution in [2.24, 2.45) is 0 Å². The van der Waals surface area contributed by atoms with Crippen molar-refractivity contribution in [1.29, 1.82) is 0 Å². The first-order valence-corrected chi connectivity index (χ1v) is 5.70. The van der Waals surface area contributed by atoms with E-state index in [0.29, 0.717) is 11.5 Å². The molecule has 86 valence electrons. The fourth-order valence-electron chi connectivity index (χ4n) is 1.45. The molecule has 0 amide bonds. The van der Waals surface area contributed by atoms with Gasteiger partial charge in [-0.15, -0.1) is 0 Å². The summed E-state index contributed by atoms with van der Waals surface area (Å²) < 4.78 is 5.04. The first kappa shape index (κ1) is 12.5. The molecule has 0 atom stereocenters. The van der Waals surface area contributed by atoms with E-state index in [2.05, 4.69) is 19.9 Å². The van der Waals surface area contributed by atoms with Gasteiger partial charge in [-0.05, 0) is 29.7 Å². The van der Waals surface area contributed by atoms with Crippen LogP contribution in [-0.2, 0) is 0 Å². The van der Waals surface area contributed by atoms with E-state index in [9.17, 15) is 4.79 Å². The Hall–Kier alpha value is -1.57. The molecule has 0 bridgehead atoms. The molecule has 0 unspecified atom stereocenters. The first-order chi connectivity index (χ1) is 7.66. The molecule has 2 heteroatoms. The van der Waals surface area contributed by atoms with Gasteiger partial charge in [-0.3, -0.25) is 0 Å². The van der Waals surface area contributed by atoms with Crippen molar-refractivity contribution < 1.29 is 4.42 Å². The standard InChI is InChI=1S/C12H12O2.C2H6/c1-8(2)9-3-5-11-10(7-9)4-6-12(13)14-11;1-2/h3-8H,1-2H3;1-2H3. The average Bonchev–Trinajstić information content (AvgIpc) is 2.30. The summed E-state index contributed by atoms with van der Waals surface area (Å²) in [5.41, 5.74) is 1.61. The Labute approximate surface area is 95.9 Å². The van der Waals surface area contributed by atoms with Gasteiger partial charge in [0.05, 0.1) is 0 Å². The lowest BCUT2D eigenvalue weighted by Gasteiger charge is -2.05. The smallest absolute Gasteiger partial charge is 0.336 e. The second-order valence-electron chi connectivity index (χ2n) is 3.71. The molecule has 1 aromatic heterocycles. The van der Waals surface area contributed by atoms with Crippen LogP contribution in [0.5, 0.6) is 0 Å². The molecule has 1 aromatic carbocycles. The minimum absolute atomic E-state index is 0.296. The molecule has 1 heterocycles. The first-order valence-electron chi connectivity index (χ1n) is 5.70. The fourth-order valence-corrected chi connectivity index (χ4v) is 1.45. The zero-order valence-corrected chi connectivity index (χ0v) is 10.3. The number of fused-ring (bicyclic) bond motifs is 1. The van der Waals surface area contributed by atoms with Crippen LogP contribution in [0.25, 0.3) is 11.0 Å². The van der Waals surface area contributed by atoms with Crippen LogP contribution < -0.4 is 5.63 Å². The zero-order valence-electron chi connectivity index (χ0n) is 10.3. The Balaban J connectivity index is 0.000000606. The Bertz CT molecular complexity index is 509. The van der Waals surface area contributed by atoms with Gasteiger partial charge in [-0.1, -0.05) is 33.8 Å². The van der Waals surface area contributed by atoms with E-state index in [0.717, 1.165) is 5.39 Å². The molecule has 0 N–H and O–H groups in total. The summed E-state index contributed by atoms with van der Waals surface area (Å²) in [6.07, 6.45) is 0. The number of hydrogen-bond acceptors (Lipinski definition) is 2. The number of hydrogen-bond donors (Lipinski definition) is 0. The summed E-state index contributed by atoms with van der Waals surface area (Å²) >= 11 is 0. The van der Waals surface area contributed by atoms with Crippen molar-refractivity contribution >= 4 is 11.0 Å². The van der Waals surface area contributed by atoms with Crippen LogP contribution in [0, 0.1) is 0 Å². The maximum Gasteiger partial charge on any atom is 0.336 e. The molecule has 0 aliphatic heterocycles. The summed E-state index contributed by atoms with van der Waals surface area (Å²) in [4.78, 5) is 10.9. The van der Waals surface area contributed by atoms with Gasteiger partial charge < -0.3 is 4.42 Å². The third-order valence-corrected chi connectivity index (χ3v) is 2.31. The van der Waals surface area contributed by atoms with Crippen molar-refractivity contribution in [3.05, 3.63) is 46.3 Å². The van der Waals surface area contributed by atoms with Gasteiger partial charge in [0, 0.05) is 11.5 Å². The van der Waals surface area contributed by atoms with Crippen molar-refractivity contribution in [1.82, 2.24) is 0 Å². The lowest BCUT2D eigenvalue weighted by atomic mass is 10.0. The maximum atomic E-state index is 10.9. The normalized spacial score (nSPS) is 10.1. The van der Waals surface area contributed by atoms with Crippen LogP contribution in [-0.4, -0.2) is 0 Å². The van der Waals surface area contributed by atoms with Gasteiger partial charge in [0.2, 0.25) is 0 Å². The summed E-state index contributed by atoms with van der Waals surface area (Å²) in [7, 11) is 0. The molecule has 0 spiro atoms. The van der Waals surface area contributed by atoms with Gasteiger partial charge in [-0.2, -0.15) is 0 Å². The van der Waals surface area contributed by atoms with Gasteiger partial charge in [0.25, 0.3) is 0 Å². The van der Waals surface area contributed by atoms with Gasteiger partial charge >= 0.3 is 5.63 Å². The molecule has 2 rings (SSSR count). The Kier molecular flexibility index (Phi) is 4.29. The van der Waals surface area contributed by atoms with Gasteiger partial charge in [0.1, 0.15) is 5.58 Å². The average molecular weight is 218 g/mol. The lowest BCUT2D eigenvalue weighted by molar-refractivity contribution is 0.561. The summed E-state index contributed by atoms with van der Waals surface area (Å²) in [6, 6.07) is 9.16. The highest BCUT2D eigenvalue weighted by molar-refractivity contribution is 5.77. The quantitative estimate of drug-likeness (QED) is 0.678. The molecule has 0 aliphatic rings. The molecule has 0 radical (unpaired) electrons. The largest absolute Gasteiger partial charge is 0.423 e. The maximum absolute atomic E-state index is 10.9. The predicted octanol–water partition coefficient (Wildman–Crippen LogP) is 3.94. The van der Waals surface area contributed by atoms with E-state index in [4.69, 9.17) is 4.42 Å². The molecule has 0 aliphatic carbocycles. The van der Waals surface area contributed by atoms with E-state index in [-0.39, 0.29) is 5.63 Å². The van der Waals surface area contributed by atoms with E-state index in [1.165, 1.54) is 11.6 Å². The van der Waals surface area contributed by atoms with E-state index < -0.39 is 0 Å². The van der Waals surface area contributed by atoms with E-state index >= 15 is 0 Å². The SMILES string of the molecule is CC.CC(C)c1ccc2oc(=O)ccc2c1. The van der Waals surface area contributed by atoms with Crippen molar-refractivity contribution in [3.8, 4) is 0 Å². The molecule has 2 nitrogen and oxygen atoms in total. The van der Waals surface area contributed by atoms with Crippen LogP contribution in [0.4, 0.5) is 0 Å². The van der Waals surface area contributed by atoms with Gasteiger partial charge in [0.15, 0.2) is 0 Å². The summed E-state index contributed by atoms with van der Waals surface area (Å²) in [5, 5.41) is 0.982. The lowest BCUT2D eigenvalue weighted by Crippen LogP contribution is -1.95. The number of rotatable bonds is 1. The third-order valence-electron chi connectivity index (χ3n) is 2.31. The Morgan fingerprint density at radius 2 is 1.75 bits per heavy atom. The van der Waals surface area contributed by atoms with Crippen molar-refractivity contribution in [2.45, 2.75) is 33.6 Å². The van der Waals surface area contributed by atoms with Crippen LogP contribution >= 0.6 is 0 Å². The van der Waals surface area contributed by atoms with Crippen molar-refractivity contribution in [2.75, 3.05) is 0 Å². The van der Waals surface area contributed by atoms with Gasteiger partial charge in [-0.25, -0.2) is 4.79 Å². The predicted molar refractivity (Wildman–Crippen MR) is 67.9 cm³/mol. The highest BCUT2D eigenvalue weighted by Crippen LogP contribution is 2.19. The molecular weight excluding hydrogens is 200 g/mol. The molecular formula is C14H18O2. The van der Waals surface area contributed by atoms with Crippen LogP contribution in [0.2, 0.25) is 0 Å². The summed E-state index contributed by atoms with van der Waals surface area (Å²) in [5.74, 6) is 0.492. The highest BCUT2D eigenvalue weighted by Gasteiger charge is 2.01. The Morgan fingerprint density at radius 3 is 2.38 bits per heavy atom. The minimum Gasteiger partial charge on any atom is -0.423 e. The van der Waals surface area contributed by atoms with E-state index in [1.807, 2.05) is 26.0 Å². The number of benzene rings is 1. The monoisotopic (exact) mass is 218 g/mol. The topological polar surface area (TPSA) is 30.2 Å². The fraction of sp³-hybridized carbons (Fsp3) is 0.357. The minimum atomic E-state index is -0.296. The second kappa shape index (κ2) is 5.50. The molecule has 0 saturated heterocycles. The molecule has 0 saturated carbocycles.